The number of aromatic nitrogens is 3. The molecule has 0 radical (unpaired) electrons. The van der Waals surface area contributed by atoms with Gasteiger partial charge in [-0.25, -0.2) is 9.97 Å². The topological polar surface area (TPSA) is 138 Å². The second-order valence-corrected chi connectivity index (χ2v) is 9.43. The van der Waals surface area contributed by atoms with Crippen molar-refractivity contribution in [3.05, 3.63) is 66.0 Å². The van der Waals surface area contributed by atoms with Gasteiger partial charge in [0.2, 0.25) is 5.91 Å². The summed E-state index contributed by atoms with van der Waals surface area (Å²) >= 11 is 0. The first-order valence-electron chi connectivity index (χ1n) is 11.7. The quantitative estimate of drug-likeness (QED) is 0.432. The van der Waals surface area contributed by atoms with Crippen LogP contribution in [-0.2, 0) is 11.2 Å². The summed E-state index contributed by atoms with van der Waals surface area (Å²) in [6, 6.07) is 8.62. The Morgan fingerprint density at radius 1 is 1.39 bits per heavy atom. The normalized spacial score (nSPS) is 15.8. The molecule has 0 bridgehead atoms. The number of amides is 2. The smallest absolute Gasteiger partial charge is 0.255 e. The van der Waals surface area contributed by atoms with E-state index in [0.717, 1.165) is 5.56 Å². The summed E-state index contributed by atoms with van der Waals surface area (Å²) in [5.74, 6) is 0.121. The number of piperazine rings is 1. The summed E-state index contributed by atoms with van der Waals surface area (Å²) in [5.41, 5.74) is 2.15. The van der Waals surface area contributed by atoms with Crippen LogP contribution in [0, 0.1) is 11.3 Å². The molecule has 0 saturated carbocycles. The van der Waals surface area contributed by atoms with E-state index in [0.29, 0.717) is 54.2 Å². The first-order valence-corrected chi connectivity index (χ1v) is 11.7. The number of benzene rings is 1. The predicted molar refractivity (Wildman–Crippen MR) is 135 cm³/mol. The van der Waals surface area contributed by atoms with Crippen LogP contribution in [0.5, 0.6) is 0 Å². The van der Waals surface area contributed by atoms with Gasteiger partial charge in [0, 0.05) is 25.8 Å². The van der Waals surface area contributed by atoms with Gasteiger partial charge in [-0.05, 0) is 44.0 Å². The third kappa shape index (κ3) is 5.06. The lowest BCUT2D eigenvalue weighted by Crippen LogP contribution is -2.61. The fourth-order valence-corrected chi connectivity index (χ4v) is 4.55. The summed E-state index contributed by atoms with van der Waals surface area (Å²) in [6.45, 7) is 8.95. The number of nitrogens with zero attached hydrogens (tertiary/aromatic N) is 5. The molecule has 3 heterocycles. The lowest BCUT2D eigenvalue weighted by molar-refractivity contribution is -0.131. The van der Waals surface area contributed by atoms with Crippen molar-refractivity contribution in [2.75, 3.05) is 31.1 Å². The molecule has 0 unspecified atom stereocenters. The van der Waals surface area contributed by atoms with Crippen molar-refractivity contribution in [3.63, 3.8) is 0 Å². The van der Waals surface area contributed by atoms with Gasteiger partial charge in [0.25, 0.3) is 5.91 Å². The summed E-state index contributed by atoms with van der Waals surface area (Å²) in [4.78, 5) is 41.3. The van der Waals surface area contributed by atoms with Gasteiger partial charge in [-0.2, -0.15) is 5.26 Å². The van der Waals surface area contributed by atoms with Gasteiger partial charge < -0.3 is 25.2 Å². The zero-order chi connectivity index (χ0) is 25.9. The van der Waals surface area contributed by atoms with Crippen LogP contribution in [0.25, 0.3) is 11.2 Å². The molecule has 1 atom stereocenters. The minimum absolute atomic E-state index is 0.108. The molecule has 186 valence electrons. The maximum absolute atomic E-state index is 13.1. The second-order valence-electron chi connectivity index (χ2n) is 9.43. The van der Waals surface area contributed by atoms with Crippen molar-refractivity contribution in [2.45, 2.75) is 31.8 Å². The molecule has 10 nitrogen and oxygen atoms in total. The number of anilines is 1. The molecule has 36 heavy (non-hydrogen) atoms. The number of H-pyrrole nitrogens is 1. The highest BCUT2D eigenvalue weighted by Gasteiger charge is 2.36. The minimum Gasteiger partial charge on any atom is -0.394 e. The van der Waals surface area contributed by atoms with Crippen LogP contribution in [0.2, 0.25) is 0 Å². The molecule has 1 fully saturated rings. The first-order chi connectivity index (χ1) is 17.2. The Labute approximate surface area is 209 Å². The van der Waals surface area contributed by atoms with Gasteiger partial charge in [0.15, 0.2) is 5.65 Å². The van der Waals surface area contributed by atoms with E-state index in [4.69, 9.17) is 10.2 Å². The van der Waals surface area contributed by atoms with Crippen LogP contribution in [-0.4, -0.2) is 74.6 Å². The van der Waals surface area contributed by atoms with Crippen LogP contribution in [0.15, 0.2) is 49.3 Å². The second kappa shape index (κ2) is 10.2. The van der Waals surface area contributed by atoms with E-state index in [9.17, 15) is 14.7 Å². The van der Waals surface area contributed by atoms with E-state index >= 15 is 0 Å². The number of hydrogen-bond acceptors (Lipinski definition) is 7. The summed E-state index contributed by atoms with van der Waals surface area (Å²) < 4.78 is 0. The molecule has 4 rings (SSSR count). The Hall–Kier alpha value is -4.23. The van der Waals surface area contributed by atoms with Crippen molar-refractivity contribution < 1.29 is 14.7 Å². The molecule has 0 spiro atoms. The summed E-state index contributed by atoms with van der Waals surface area (Å²) in [6.07, 6.45) is 4.91. The van der Waals surface area contributed by atoms with Crippen molar-refractivity contribution in [2.24, 2.45) is 0 Å². The standard InChI is InChI=1S/C26H29N7O3/c1-4-22(35)33-9-8-32(16-26(33,2)3)21-14-29-24-23(31-21)20(13-28-24)25(36)30-19(15-34)11-17-6-5-7-18(10-17)12-27/h4-7,10,13-14,19,34H,1,8-9,11,15-16H2,2-3H3,(H,28,29)(H,30,36)/t19-/m1/s1. The molecule has 1 saturated heterocycles. The Kier molecular flexibility index (Phi) is 7.03. The number of nitrogens with one attached hydrogen (secondary N) is 2. The summed E-state index contributed by atoms with van der Waals surface area (Å²) in [5, 5.41) is 21.8. The van der Waals surface area contributed by atoms with E-state index in [2.05, 4.69) is 27.9 Å². The number of aromatic amines is 1. The average Bonchev–Trinajstić information content (AvgIpc) is 3.30. The van der Waals surface area contributed by atoms with Gasteiger partial charge in [-0.1, -0.05) is 18.7 Å². The fraction of sp³-hybridized carbons (Fsp3) is 0.346. The molecular weight excluding hydrogens is 458 g/mol. The van der Waals surface area contributed by atoms with Crippen LogP contribution in [0.4, 0.5) is 5.82 Å². The first kappa shape index (κ1) is 24.9. The molecule has 0 aliphatic carbocycles. The molecule has 1 aromatic carbocycles. The highest BCUT2D eigenvalue weighted by Crippen LogP contribution is 2.26. The average molecular weight is 488 g/mol. The van der Waals surface area contributed by atoms with Crippen LogP contribution >= 0.6 is 0 Å². The number of nitriles is 1. The van der Waals surface area contributed by atoms with Gasteiger partial charge in [0.1, 0.15) is 11.3 Å². The van der Waals surface area contributed by atoms with Gasteiger partial charge in [-0.15, -0.1) is 0 Å². The number of fused-ring (bicyclic) bond motifs is 1. The molecular formula is C26H29N7O3. The zero-order valence-corrected chi connectivity index (χ0v) is 20.4. The molecule has 10 heteroatoms. The maximum Gasteiger partial charge on any atom is 0.255 e. The van der Waals surface area contributed by atoms with Crippen LogP contribution in [0.1, 0.15) is 35.3 Å². The molecule has 2 aromatic heterocycles. The summed E-state index contributed by atoms with van der Waals surface area (Å²) in [7, 11) is 0. The van der Waals surface area contributed by atoms with Crippen molar-refractivity contribution in [3.8, 4) is 6.07 Å². The Morgan fingerprint density at radius 3 is 2.89 bits per heavy atom. The van der Waals surface area contributed by atoms with Crippen molar-refractivity contribution >= 4 is 28.8 Å². The number of hydrogen-bond donors (Lipinski definition) is 3. The van der Waals surface area contributed by atoms with E-state index < -0.39 is 11.6 Å². The van der Waals surface area contributed by atoms with E-state index in [-0.39, 0.29) is 18.4 Å². The van der Waals surface area contributed by atoms with Gasteiger partial charge >= 0.3 is 0 Å². The Balaban J connectivity index is 1.52. The number of carbonyl (C=O) groups excluding carboxylic acids is 2. The van der Waals surface area contributed by atoms with E-state index in [1.54, 1.807) is 35.5 Å². The molecule has 2 amide bonds. The van der Waals surface area contributed by atoms with Crippen molar-refractivity contribution in [1.82, 2.24) is 25.2 Å². The monoisotopic (exact) mass is 487 g/mol. The highest BCUT2D eigenvalue weighted by molar-refractivity contribution is 6.04. The number of aliphatic hydroxyl groups is 1. The van der Waals surface area contributed by atoms with Crippen molar-refractivity contribution in [1.29, 1.82) is 5.26 Å². The largest absolute Gasteiger partial charge is 0.394 e. The number of carbonyl (C=O) groups is 2. The van der Waals surface area contributed by atoms with Gasteiger partial charge in [-0.3, -0.25) is 9.59 Å². The Bertz CT molecular complexity index is 1340. The predicted octanol–water partition coefficient (Wildman–Crippen LogP) is 1.78. The third-order valence-corrected chi connectivity index (χ3v) is 6.37. The fourth-order valence-electron chi connectivity index (χ4n) is 4.55. The minimum atomic E-state index is -0.538. The molecule has 1 aliphatic heterocycles. The molecule has 3 N–H and O–H groups in total. The molecule has 3 aromatic rings. The zero-order valence-electron chi connectivity index (χ0n) is 20.4. The maximum atomic E-state index is 13.1. The van der Waals surface area contributed by atoms with Crippen LogP contribution < -0.4 is 10.2 Å². The highest BCUT2D eigenvalue weighted by atomic mass is 16.3. The Morgan fingerprint density at radius 2 is 2.19 bits per heavy atom. The lowest BCUT2D eigenvalue weighted by atomic mass is 9.98. The van der Waals surface area contributed by atoms with Crippen LogP contribution in [0.3, 0.4) is 0 Å². The van der Waals surface area contributed by atoms with Gasteiger partial charge in [0.05, 0.1) is 41.6 Å². The third-order valence-electron chi connectivity index (χ3n) is 6.37. The lowest BCUT2D eigenvalue weighted by Gasteiger charge is -2.47. The molecule has 1 aliphatic rings. The number of aliphatic hydroxyl groups excluding tert-OH is 1. The SMILES string of the molecule is C=CC(=O)N1CCN(c2cnc3[nH]cc(C(=O)N[C@@H](CO)Cc4cccc(C#N)c4)c3n2)CC1(C)C. The number of rotatable bonds is 7. The van der Waals surface area contributed by atoms with E-state index in [1.807, 2.05) is 24.8 Å². The van der Waals surface area contributed by atoms with E-state index in [1.165, 1.54) is 6.08 Å².